The summed E-state index contributed by atoms with van der Waals surface area (Å²) in [6.45, 7) is 0. The van der Waals surface area contributed by atoms with Crippen molar-refractivity contribution in [3.05, 3.63) is 69.5 Å². The monoisotopic (exact) mass is 282 g/mol. The van der Waals surface area contributed by atoms with Crippen molar-refractivity contribution in [3.63, 3.8) is 0 Å². The zero-order valence-electron chi connectivity index (χ0n) is 9.29. The second-order valence-corrected chi connectivity index (χ2v) is 4.69. The summed E-state index contributed by atoms with van der Waals surface area (Å²) in [6, 6.07) is 10.7. The van der Waals surface area contributed by atoms with E-state index in [9.17, 15) is 9.18 Å². The van der Waals surface area contributed by atoms with Crippen LogP contribution in [0.15, 0.2) is 42.5 Å². The summed E-state index contributed by atoms with van der Waals surface area (Å²) in [6.07, 6.45) is 0.211. The molecule has 2 aromatic rings. The zero-order chi connectivity index (χ0) is 13.1. The molecular weight excluding hydrogens is 274 g/mol. The zero-order valence-corrected chi connectivity index (χ0v) is 10.8. The molecule has 0 heterocycles. The minimum Gasteiger partial charge on any atom is -0.294 e. The third-order valence-corrected chi connectivity index (χ3v) is 3.07. The van der Waals surface area contributed by atoms with E-state index in [0.29, 0.717) is 10.6 Å². The molecule has 0 spiro atoms. The fourth-order valence-corrected chi connectivity index (χ4v) is 2.00. The topological polar surface area (TPSA) is 17.1 Å². The molecule has 0 radical (unpaired) electrons. The Hall–Kier alpha value is -1.38. The Bertz CT molecular complexity index is 579. The van der Waals surface area contributed by atoms with Gasteiger partial charge in [0.05, 0.1) is 5.02 Å². The van der Waals surface area contributed by atoms with Gasteiger partial charge in [0.2, 0.25) is 0 Å². The number of rotatable bonds is 3. The molecule has 4 heteroatoms. The van der Waals surface area contributed by atoms with Gasteiger partial charge in [0.1, 0.15) is 5.82 Å². The van der Waals surface area contributed by atoms with E-state index >= 15 is 0 Å². The largest absolute Gasteiger partial charge is 0.294 e. The first-order valence-corrected chi connectivity index (χ1v) is 6.04. The first-order valence-electron chi connectivity index (χ1n) is 5.29. The van der Waals surface area contributed by atoms with E-state index in [1.54, 1.807) is 24.3 Å². The Morgan fingerprint density at radius 3 is 2.33 bits per heavy atom. The Morgan fingerprint density at radius 1 is 1.06 bits per heavy atom. The molecule has 0 N–H and O–H groups in total. The highest BCUT2D eigenvalue weighted by Crippen LogP contribution is 2.20. The molecule has 2 aromatic carbocycles. The lowest BCUT2D eigenvalue weighted by Gasteiger charge is -2.04. The van der Waals surface area contributed by atoms with Gasteiger partial charge in [-0.25, -0.2) is 4.39 Å². The first kappa shape index (κ1) is 13.1. The van der Waals surface area contributed by atoms with Crippen LogP contribution in [0, 0.1) is 5.82 Å². The van der Waals surface area contributed by atoms with Gasteiger partial charge in [0, 0.05) is 17.0 Å². The van der Waals surface area contributed by atoms with Crippen molar-refractivity contribution in [2.24, 2.45) is 0 Å². The summed E-state index contributed by atoms with van der Waals surface area (Å²) in [5, 5.41) is 0.750. The van der Waals surface area contributed by atoms with Crippen LogP contribution in [0.1, 0.15) is 15.9 Å². The van der Waals surface area contributed by atoms with Crippen LogP contribution >= 0.6 is 23.2 Å². The third-order valence-electron chi connectivity index (χ3n) is 2.51. The first-order chi connectivity index (χ1) is 8.56. The van der Waals surface area contributed by atoms with Gasteiger partial charge in [-0.15, -0.1) is 0 Å². The van der Waals surface area contributed by atoms with Gasteiger partial charge in [-0.05, 0) is 35.9 Å². The van der Waals surface area contributed by atoms with Gasteiger partial charge in [0.15, 0.2) is 5.78 Å². The van der Waals surface area contributed by atoms with Crippen molar-refractivity contribution in [2.45, 2.75) is 6.42 Å². The average Bonchev–Trinajstić information content (AvgIpc) is 2.32. The van der Waals surface area contributed by atoms with Gasteiger partial charge in [-0.3, -0.25) is 4.79 Å². The predicted octanol–water partition coefficient (Wildman–Crippen LogP) is 4.56. The van der Waals surface area contributed by atoms with Crippen molar-refractivity contribution in [2.75, 3.05) is 0 Å². The highest BCUT2D eigenvalue weighted by molar-refractivity contribution is 6.34. The molecule has 0 unspecified atom stereocenters. The van der Waals surface area contributed by atoms with Crippen LogP contribution in [0.25, 0.3) is 0 Å². The molecule has 0 aromatic heterocycles. The van der Waals surface area contributed by atoms with Crippen LogP contribution in [0.2, 0.25) is 10.0 Å². The molecule has 92 valence electrons. The summed E-state index contributed by atoms with van der Waals surface area (Å²) >= 11 is 11.6. The van der Waals surface area contributed by atoms with E-state index in [0.717, 1.165) is 11.6 Å². The van der Waals surface area contributed by atoms with Crippen molar-refractivity contribution < 1.29 is 9.18 Å². The fourth-order valence-electron chi connectivity index (χ4n) is 1.60. The molecule has 18 heavy (non-hydrogen) atoms. The van der Waals surface area contributed by atoms with E-state index in [1.165, 1.54) is 12.1 Å². The molecule has 0 amide bonds. The van der Waals surface area contributed by atoms with Crippen LogP contribution in [0.4, 0.5) is 4.39 Å². The molecule has 0 saturated heterocycles. The number of hydrogen-bond acceptors (Lipinski definition) is 1. The standard InChI is InChI=1S/C14H9Cl2FO/c15-10-3-1-9(2-4-10)7-14(18)12-6-5-11(17)8-13(12)16/h1-6,8H,7H2. The van der Waals surface area contributed by atoms with Crippen LogP contribution in [-0.2, 0) is 6.42 Å². The van der Waals surface area contributed by atoms with E-state index in [4.69, 9.17) is 23.2 Å². The summed E-state index contributed by atoms with van der Waals surface area (Å²) in [4.78, 5) is 12.0. The van der Waals surface area contributed by atoms with Crippen LogP contribution in [0.3, 0.4) is 0 Å². The maximum Gasteiger partial charge on any atom is 0.168 e. The average molecular weight is 283 g/mol. The normalized spacial score (nSPS) is 10.4. The maximum absolute atomic E-state index is 12.9. The Morgan fingerprint density at radius 2 is 1.72 bits per heavy atom. The highest BCUT2D eigenvalue weighted by Gasteiger charge is 2.11. The number of carbonyl (C=O) groups excluding carboxylic acids is 1. The number of halogens is 3. The quantitative estimate of drug-likeness (QED) is 0.755. The molecule has 0 aliphatic carbocycles. The van der Waals surface area contributed by atoms with Gasteiger partial charge in [-0.1, -0.05) is 35.3 Å². The van der Waals surface area contributed by atoms with E-state index in [1.807, 2.05) is 0 Å². The third kappa shape index (κ3) is 3.09. The lowest BCUT2D eigenvalue weighted by atomic mass is 10.0. The SMILES string of the molecule is O=C(Cc1ccc(Cl)cc1)c1ccc(F)cc1Cl. The number of Topliss-reactive ketones (excluding diaryl/α,β-unsaturated/α-hetero) is 1. The minimum atomic E-state index is -0.456. The van der Waals surface area contributed by atoms with Gasteiger partial charge in [0.25, 0.3) is 0 Å². The van der Waals surface area contributed by atoms with E-state index in [2.05, 4.69) is 0 Å². The van der Waals surface area contributed by atoms with Crippen LogP contribution < -0.4 is 0 Å². The fraction of sp³-hybridized carbons (Fsp3) is 0.0714. The molecule has 0 bridgehead atoms. The summed E-state index contributed by atoms with van der Waals surface area (Å²) < 4.78 is 12.9. The summed E-state index contributed by atoms with van der Waals surface area (Å²) in [5.74, 6) is -0.606. The van der Waals surface area contributed by atoms with Crippen molar-refractivity contribution >= 4 is 29.0 Å². The van der Waals surface area contributed by atoms with E-state index < -0.39 is 5.82 Å². The molecule has 0 atom stereocenters. The molecule has 0 saturated carbocycles. The summed E-state index contributed by atoms with van der Waals surface area (Å²) in [5.41, 5.74) is 1.16. The second kappa shape index (κ2) is 5.51. The number of hydrogen-bond donors (Lipinski definition) is 0. The van der Waals surface area contributed by atoms with Gasteiger partial charge >= 0.3 is 0 Å². The molecule has 2 rings (SSSR count). The Kier molecular flexibility index (Phi) is 4.00. The molecule has 0 fully saturated rings. The highest BCUT2D eigenvalue weighted by atomic mass is 35.5. The number of benzene rings is 2. The van der Waals surface area contributed by atoms with E-state index in [-0.39, 0.29) is 17.2 Å². The van der Waals surface area contributed by atoms with Gasteiger partial charge < -0.3 is 0 Å². The smallest absolute Gasteiger partial charge is 0.168 e. The number of ketones is 1. The van der Waals surface area contributed by atoms with Crippen molar-refractivity contribution in [3.8, 4) is 0 Å². The molecule has 0 aliphatic heterocycles. The Labute approximate surface area is 114 Å². The van der Waals surface area contributed by atoms with Gasteiger partial charge in [-0.2, -0.15) is 0 Å². The predicted molar refractivity (Wildman–Crippen MR) is 70.9 cm³/mol. The lowest BCUT2D eigenvalue weighted by molar-refractivity contribution is 0.0993. The number of carbonyl (C=O) groups is 1. The molecular formula is C14H9Cl2FO. The maximum atomic E-state index is 12.9. The molecule has 0 aliphatic rings. The Balaban J connectivity index is 2.19. The lowest BCUT2D eigenvalue weighted by Crippen LogP contribution is -2.04. The minimum absolute atomic E-state index is 0.133. The van der Waals surface area contributed by atoms with Crippen molar-refractivity contribution in [1.82, 2.24) is 0 Å². The van der Waals surface area contributed by atoms with Crippen LogP contribution in [0.5, 0.6) is 0 Å². The molecule has 1 nitrogen and oxygen atoms in total. The second-order valence-electron chi connectivity index (χ2n) is 3.85. The van der Waals surface area contributed by atoms with Crippen LogP contribution in [-0.4, -0.2) is 5.78 Å². The summed E-state index contributed by atoms with van der Waals surface area (Å²) in [7, 11) is 0. The van der Waals surface area contributed by atoms with Crippen molar-refractivity contribution in [1.29, 1.82) is 0 Å².